The molecule has 1 aromatic carbocycles. The first kappa shape index (κ1) is 12.1. The number of carboxylic acids is 1. The van der Waals surface area contributed by atoms with Gasteiger partial charge in [-0.1, -0.05) is 0 Å². The molecule has 0 saturated carbocycles. The summed E-state index contributed by atoms with van der Waals surface area (Å²) in [6.07, 6.45) is -2.83. The van der Waals surface area contributed by atoms with Gasteiger partial charge in [0.1, 0.15) is 5.75 Å². The number of rotatable bonds is 3. The average molecular weight is 231 g/mol. The molecule has 6 heteroatoms. The number of hydrogen-bond acceptors (Lipinski definition) is 2. The predicted molar refractivity (Wildman–Crippen MR) is 48.6 cm³/mol. The van der Waals surface area contributed by atoms with Gasteiger partial charge in [-0.2, -0.15) is 0 Å². The highest BCUT2D eigenvalue weighted by molar-refractivity contribution is 5.85. The molecule has 3 nitrogen and oxygen atoms in total. The molecule has 0 fully saturated rings. The van der Waals surface area contributed by atoms with Crippen LogP contribution in [0.4, 0.5) is 13.2 Å². The third-order valence-electron chi connectivity index (χ3n) is 1.44. The Bertz CT molecular complexity index is 410. The second-order valence-corrected chi connectivity index (χ2v) is 2.72. The van der Waals surface area contributed by atoms with E-state index in [9.17, 15) is 18.0 Å². The number of halogens is 3. The Hall–Kier alpha value is -1.98. The fraction of sp³-hybridized carbons (Fsp3) is 0.100. The minimum Gasteiger partial charge on any atom is -0.478 e. The number of ether oxygens (including phenoxy) is 1. The van der Waals surface area contributed by atoms with Gasteiger partial charge in [0, 0.05) is 6.08 Å². The molecule has 0 spiro atoms. The maximum absolute atomic E-state index is 11.8. The summed E-state index contributed by atoms with van der Waals surface area (Å²) in [6, 6.07) is 5.81. The topological polar surface area (TPSA) is 46.5 Å². The minimum atomic E-state index is -4.77. The second-order valence-electron chi connectivity index (χ2n) is 2.72. The molecule has 1 radical (unpaired) electrons. The smallest absolute Gasteiger partial charge is 0.478 e. The summed E-state index contributed by atoms with van der Waals surface area (Å²) in [7, 11) is 0. The Balaban J connectivity index is 2.83. The van der Waals surface area contributed by atoms with E-state index in [1.54, 1.807) is 0 Å². The van der Waals surface area contributed by atoms with Crippen LogP contribution >= 0.6 is 0 Å². The molecule has 1 rings (SSSR count). The van der Waals surface area contributed by atoms with Crippen LogP contribution in [0.3, 0.4) is 0 Å². The van der Waals surface area contributed by atoms with Gasteiger partial charge in [0.25, 0.3) is 0 Å². The largest absolute Gasteiger partial charge is 0.573 e. The molecular formula is C10H6F3O3. The zero-order valence-corrected chi connectivity index (χ0v) is 7.78. The van der Waals surface area contributed by atoms with Crippen LogP contribution in [0.15, 0.2) is 24.3 Å². The highest BCUT2D eigenvalue weighted by Gasteiger charge is 2.30. The van der Waals surface area contributed by atoms with Crippen LogP contribution in [0.25, 0.3) is 6.08 Å². The maximum Gasteiger partial charge on any atom is 0.573 e. The van der Waals surface area contributed by atoms with E-state index in [2.05, 4.69) is 10.8 Å². The van der Waals surface area contributed by atoms with Gasteiger partial charge in [-0.3, -0.25) is 0 Å². The number of carboxylic acid groups (broad SMARTS) is 1. The van der Waals surface area contributed by atoms with E-state index in [1.165, 1.54) is 6.07 Å². The molecule has 0 aliphatic heterocycles. The van der Waals surface area contributed by atoms with Crippen molar-refractivity contribution in [3.63, 3.8) is 0 Å². The summed E-state index contributed by atoms with van der Waals surface area (Å²) in [6.45, 7) is 0. The summed E-state index contributed by atoms with van der Waals surface area (Å²) in [5.41, 5.74) is 0.254. The standard InChI is InChI=1S/C10H6F3O3/c11-10(12,13)16-8-3-1-2-7(6-8)4-5-9(14)15/h2-6H,(H,14,15). The first-order chi connectivity index (χ1) is 7.37. The fourth-order valence-electron chi connectivity index (χ4n) is 0.924. The predicted octanol–water partition coefficient (Wildman–Crippen LogP) is 2.48. The van der Waals surface area contributed by atoms with Crippen LogP contribution in [0.5, 0.6) is 5.75 Å². The molecule has 1 N–H and O–H groups in total. The van der Waals surface area contributed by atoms with Gasteiger partial charge >= 0.3 is 12.3 Å². The molecule has 1 aromatic rings. The Morgan fingerprint density at radius 2 is 2.12 bits per heavy atom. The Kier molecular flexibility index (Phi) is 3.55. The number of hydrogen-bond donors (Lipinski definition) is 1. The van der Waals surface area contributed by atoms with Crippen molar-refractivity contribution in [2.45, 2.75) is 6.36 Å². The van der Waals surface area contributed by atoms with Crippen molar-refractivity contribution in [3.8, 4) is 5.75 Å². The highest BCUT2D eigenvalue weighted by Crippen LogP contribution is 2.23. The lowest BCUT2D eigenvalue weighted by molar-refractivity contribution is -0.274. The molecule has 0 atom stereocenters. The molecule has 0 saturated heterocycles. The SMILES string of the molecule is O=C(O)C=Cc1c[c]cc(OC(F)(F)F)c1. The molecule has 0 amide bonds. The lowest BCUT2D eigenvalue weighted by Gasteiger charge is -2.08. The van der Waals surface area contributed by atoms with Crippen LogP contribution in [0.2, 0.25) is 0 Å². The molecule has 0 aromatic heterocycles. The van der Waals surface area contributed by atoms with E-state index in [4.69, 9.17) is 5.11 Å². The van der Waals surface area contributed by atoms with Crippen LogP contribution in [-0.4, -0.2) is 17.4 Å². The van der Waals surface area contributed by atoms with E-state index >= 15 is 0 Å². The summed E-state index contributed by atoms with van der Waals surface area (Å²) >= 11 is 0. The van der Waals surface area contributed by atoms with Gasteiger partial charge in [0.05, 0.1) is 0 Å². The summed E-state index contributed by atoms with van der Waals surface area (Å²) in [4.78, 5) is 10.2. The van der Waals surface area contributed by atoms with Crippen molar-refractivity contribution >= 4 is 12.0 Å². The highest BCUT2D eigenvalue weighted by atomic mass is 19.4. The Labute approximate surface area is 88.8 Å². The molecule has 0 bridgehead atoms. The van der Waals surface area contributed by atoms with Crippen molar-refractivity contribution in [2.24, 2.45) is 0 Å². The van der Waals surface area contributed by atoms with Gasteiger partial charge < -0.3 is 9.84 Å². The van der Waals surface area contributed by atoms with Crippen molar-refractivity contribution < 1.29 is 27.8 Å². The maximum atomic E-state index is 11.8. The Morgan fingerprint density at radius 3 is 2.69 bits per heavy atom. The zero-order chi connectivity index (χ0) is 12.2. The lowest BCUT2D eigenvalue weighted by atomic mass is 10.2. The van der Waals surface area contributed by atoms with Crippen molar-refractivity contribution in [1.29, 1.82) is 0 Å². The summed E-state index contributed by atoms with van der Waals surface area (Å²) < 4.78 is 39.2. The van der Waals surface area contributed by atoms with Crippen molar-refractivity contribution in [3.05, 3.63) is 35.9 Å². The molecule has 0 unspecified atom stereocenters. The first-order valence-electron chi connectivity index (χ1n) is 4.05. The van der Waals surface area contributed by atoms with Crippen molar-refractivity contribution in [1.82, 2.24) is 0 Å². The third-order valence-corrected chi connectivity index (χ3v) is 1.44. The quantitative estimate of drug-likeness (QED) is 0.813. The van der Waals surface area contributed by atoms with Gasteiger partial charge in [-0.15, -0.1) is 13.2 Å². The fourth-order valence-corrected chi connectivity index (χ4v) is 0.924. The average Bonchev–Trinajstić information content (AvgIpc) is 2.12. The van der Waals surface area contributed by atoms with E-state index < -0.39 is 18.1 Å². The summed E-state index contributed by atoms with van der Waals surface area (Å²) in [5, 5.41) is 8.32. The van der Waals surface area contributed by atoms with Gasteiger partial charge in [-0.05, 0) is 35.9 Å². The molecular weight excluding hydrogens is 225 g/mol. The number of carbonyl (C=O) groups is 1. The van der Waals surface area contributed by atoms with Gasteiger partial charge in [0.2, 0.25) is 0 Å². The number of aliphatic carboxylic acids is 1. The first-order valence-corrected chi connectivity index (χ1v) is 4.05. The minimum absolute atomic E-state index is 0.254. The van der Waals surface area contributed by atoms with Crippen molar-refractivity contribution in [2.75, 3.05) is 0 Å². The zero-order valence-electron chi connectivity index (χ0n) is 7.78. The number of alkyl halides is 3. The van der Waals surface area contributed by atoms with Crippen LogP contribution in [0.1, 0.15) is 5.56 Å². The van der Waals surface area contributed by atoms with Crippen LogP contribution in [0, 0.1) is 6.07 Å². The van der Waals surface area contributed by atoms with Crippen LogP contribution in [-0.2, 0) is 4.79 Å². The second kappa shape index (κ2) is 4.69. The van der Waals surface area contributed by atoms with E-state index in [1.807, 2.05) is 0 Å². The van der Waals surface area contributed by atoms with E-state index in [0.29, 0.717) is 0 Å². The molecule has 0 aliphatic carbocycles. The van der Waals surface area contributed by atoms with E-state index in [-0.39, 0.29) is 5.56 Å². The molecule has 0 heterocycles. The molecule has 0 aliphatic rings. The third kappa shape index (κ3) is 4.50. The Morgan fingerprint density at radius 1 is 1.44 bits per heavy atom. The van der Waals surface area contributed by atoms with Gasteiger partial charge in [-0.25, -0.2) is 4.79 Å². The van der Waals surface area contributed by atoms with Gasteiger partial charge in [0.15, 0.2) is 0 Å². The van der Waals surface area contributed by atoms with Crippen LogP contribution < -0.4 is 4.74 Å². The number of benzene rings is 1. The molecule has 85 valence electrons. The summed E-state index contributed by atoms with van der Waals surface area (Å²) in [5.74, 6) is -1.64. The normalized spacial score (nSPS) is 11.7. The van der Waals surface area contributed by atoms with E-state index in [0.717, 1.165) is 24.3 Å². The monoisotopic (exact) mass is 231 g/mol. The molecule has 16 heavy (non-hydrogen) atoms. The lowest BCUT2D eigenvalue weighted by Crippen LogP contribution is -2.17.